The zero-order valence-electron chi connectivity index (χ0n) is 10.6. The zero-order valence-corrected chi connectivity index (χ0v) is 11.4. The minimum Gasteiger partial charge on any atom is -0.316 e. The van der Waals surface area contributed by atoms with Crippen LogP contribution in [0.1, 0.15) is 18.4 Å². The van der Waals surface area contributed by atoms with Gasteiger partial charge in [0.15, 0.2) is 0 Å². The average Bonchev–Trinajstić information content (AvgIpc) is 2.92. The summed E-state index contributed by atoms with van der Waals surface area (Å²) in [6.07, 6.45) is 1.94. The van der Waals surface area contributed by atoms with E-state index >= 15 is 0 Å². The van der Waals surface area contributed by atoms with E-state index in [1.807, 2.05) is 6.07 Å². The molecule has 0 amide bonds. The van der Waals surface area contributed by atoms with E-state index in [9.17, 15) is 8.42 Å². The third kappa shape index (κ3) is 3.77. The molecule has 0 bridgehead atoms. The molecule has 0 spiro atoms. The molecule has 0 aromatic heterocycles. The summed E-state index contributed by atoms with van der Waals surface area (Å²) in [6.45, 7) is 2.42. The molecule has 1 heterocycles. The third-order valence-corrected chi connectivity index (χ3v) is 4.74. The fraction of sp³-hybridized carbons (Fsp3) is 0.462. The summed E-state index contributed by atoms with van der Waals surface area (Å²) in [5.41, 5.74) is 0.350. The van der Waals surface area contributed by atoms with E-state index in [0.29, 0.717) is 18.0 Å². The van der Waals surface area contributed by atoms with Crippen LogP contribution in [0.25, 0.3) is 0 Å². The molecular weight excluding hydrogens is 262 g/mol. The number of sulfonamides is 1. The Morgan fingerprint density at radius 1 is 1.47 bits per heavy atom. The first-order chi connectivity index (χ1) is 9.12. The first-order valence-electron chi connectivity index (χ1n) is 6.32. The van der Waals surface area contributed by atoms with Gasteiger partial charge in [0.05, 0.1) is 16.5 Å². The lowest BCUT2D eigenvalue weighted by molar-refractivity contribution is 0.519. The van der Waals surface area contributed by atoms with Gasteiger partial charge in [-0.3, -0.25) is 0 Å². The van der Waals surface area contributed by atoms with Gasteiger partial charge in [0.2, 0.25) is 10.0 Å². The normalized spacial score (nSPS) is 19.2. The molecule has 1 atom stereocenters. The van der Waals surface area contributed by atoms with Gasteiger partial charge in [-0.05, 0) is 50.0 Å². The third-order valence-electron chi connectivity index (χ3n) is 3.28. The van der Waals surface area contributed by atoms with Crippen molar-refractivity contribution in [2.45, 2.75) is 17.7 Å². The van der Waals surface area contributed by atoms with E-state index in [2.05, 4.69) is 10.0 Å². The number of nitriles is 1. The molecule has 0 aliphatic carbocycles. The van der Waals surface area contributed by atoms with Crippen molar-refractivity contribution in [3.8, 4) is 6.07 Å². The Bertz CT molecular complexity index is 572. The highest BCUT2D eigenvalue weighted by molar-refractivity contribution is 7.89. The first kappa shape index (κ1) is 14.0. The highest BCUT2D eigenvalue weighted by atomic mass is 32.2. The van der Waals surface area contributed by atoms with Gasteiger partial charge < -0.3 is 5.32 Å². The van der Waals surface area contributed by atoms with Crippen molar-refractivity contribution in [1.29, 1.82) is 5.26 Å². The van der Waals surface area contributed by atoms with E-state index in [1.54, 1.807) is 12.1 Å². The molecule has 6 heteroatoms. The predicted octanol–water partition coefficient (Wildman–Crippen LogP) is 0.836. The second kappa shape index (κ2) is 6.15. The molecule has 0 radical (unpaired) electrons. The summed E-state index contributed by atoms with van der Waals surface area (Å²) >= 11 is 0. The fourth-order valence-corrected chi connectivity index (χ4v) is 3.27. The van der Waals surface area contributed by atoms with E-state index < -0.39 is 10.0 Å². The van der Waals surface area contributed by atoms with Crippen LogP contribution in [-0.2, 0) is 10.0 Å². The van der Waals surface area contributed by atoms with Crippen LogP contribution in [0, 0.1) is 17.2 Å². The average molecular weight is 279 g/mol. The monoisotopic (exact) mass is 279 g/mol. The number of rotatable bonds is 5. The zero-order chi connectivity index (χ0) is 13.7. The van der Waals surface area contributed by atoms with Crippen LogP contribution in [0.15, 0.2) is 29.2 Å². The van der Waals surface area contributed by atoms with E-state index in [0.717, 1.165) is 25.9 Å². The Morgan fingerprint density at radius 2 is 2.32 bits per heavy atom. The maximum atomic E-state index is 12.0. The molecule has 19 heavy (non-hydrogen) atoms. The lowest BCUT2D eigenvalue weighted by Crippen LogP contribution is -2.26. The molecule has 102 valence electrons. The Balaban J connectivity index is 1.95. The van der Waals surface area contributed by atoms with Gasteiger partial charge in [-0.15, -0.1) is 0 Å². The minimum absolute atomic E-state index is 0.149. The Labute approximate surface area is 113 Å². The van der Waals surface area contributed by atoms with Crippen LogP contribution in [0.2, 0.25) is 0 Å². The summed E-state index contributed by atoms with van der Waals surface area (Å²) in [5.74, 6) is 0.549. The number of benzene rings is 1. The number of nitrogens with zero attached hydrogens (tertiary/aromatic N) is 1. The van der Waals surface area contributed by atoms with Crippen molar-refractivity contribution < 1.29 is 8.42 Å². The summed E-state index contributed by atoms with van der Waals surface area (Å²) in [7, 11) is -3.51. The molecule has 1 saturated heterocycles. The number of hydrogen-bond donors (Lipinski definition) is 2. The van der Waals surface area contributed by atoms with Gasteiger partial charge >= 0.3 is 0 Å². The van der Waals surface area contributed by atoms with Crippen molar-refractivity contribution in [3.05, 3.63) is 29.8 Å². The number of nitrogens with one attached hydrogen (secondary N) is 2. The summed E-state index contributed by atoms with van der Waals surface area (Å²) in [5, 5.41) is 12.0. The van der Waals surface area contributed by atoms with Gasteiger partial charge in [-0.1, -0.05) is 6.07 Å². The van der Waals surface area contributed by atoms with Crippen molar-refractivity contribution >= 4 is 10.0 Å². The lowest BCUT2D eigenvalue weighted by Gasteiger charge is -2.10. The molecule has 1 aliphatic rings. The van der Waals surface area contributed by atoms with Crippen molar-refractivity contribution in [3.63, 3.8) is 0 Å². The molecule has 1 aromatic rings. The molecule has 1 unspecified atom stereocenters. The van der Waals surface area contributed by atoms with Gasteiger partial charge in [0.25, 0.3) is 0 Å². The highest BCUT2D eigenvalue weighted by Crippen LogP contribution is 2.13. The summed E-state index contributed by atoms with van der Waals surface area (Å²) in [4.78, 5) is 0.149. The SMILES string of the molecule is N#Cc1cccc(S(=O)(=O)NCCC2CCNC2)c1. The Hall–Kier alpha value is -1.42. The summed E-state index contributed by atoms with van der Waals surface area (Å²) < 4.78 is 26.7. The van der Waals surface area contributed by atoms with Crippen LogP contribution < -0.4 is 10.0 Å². The summed E-state index contributed by atoms with van der Waals surface area (Å²) in [6, 6.07) is 7.99. The van der Waals surface area contributed by atoms with Gasteiger partial charge in [-0.25, -0.2) is 13.1 Å². The van der Waals surface area contributed by atoms with Crippen LogP contribution in [0.4, 0.5) is 0 Å². The standard InChI is InChI=1S/C13H17N3O2S/c14-9-12-2-1-3-13(8-12)19(17,18)16-7-5-11-4-6-15-10-11/h1-3,8,11,15-16H,4-7,10H2. The van der Waals surface area contributed by atoms with Gasteiger partial charge in [-0.2, -0.15) is 5.26 Å². The topological polar surface area (TPSA) is 82.0 Å². The molecular formula is C13H17N3O2S. The Kier molecular flexibility index (Phi) is 4.53. The van der Waals surface area contributed by atoms with Crippen LogP contribution in [0.5, 0.6) is 0 Å². The molecule has 1 fully saturated rings. The molecule has 1 aromatic carbocycles. The minimum atomic E-state index is -3.51. The molecule has 1 aliphatic heterocycles. The van der Waals surface area contributed by atoms with Crippen LogP contribution in [0.3, 0.4) is 0 Å². The van der Waals surface area contributed by atoms with Crippen molar-refractivity contribution in [2.75, 3.05) is 19.6 Å². The van der Waals surface area contributed by atoms with Gasteiger partial charge in [0.1, 0.15) is 0 Å². The second-order valence-corrected chi connectivity index (χ2v) is 6.45. The van der Waals surface area contributed by atoms with Crippen molar-refractivity contribution in [1.82, 2.24) is 10.0 Å². The molecule has 2 N–H and O–H groups in total. The number of hydrogen-bond acceptors (Lipinski definition) is 4. The second-order valence-electron chi connectivity index (χ2n) is 4.68. The van der Waals surface area contributed by atoms with E-state index in [1.165, 1.54) is 12.1 Å². The quantitative estimate of drug-likeness (QED) is 0.836. The van der Waals surface area contributed by atoms with Gasteiger partial charge in [0, 0.05) is 6.54 Å². The predicted molar refractivity (Wildman–Crippen MR) is 71.9 cm³/mol. The Morgan fingerprint density at radius 3 is 3.00 bits per heavy atom. The maximum absolute atomic E-state index is 12.0. The largest absolute Gasteiger partial charge is 0.316 e. The lowest BCUT2D eigenvalue weighted by atomic mass is 10.1. The highest BCUT2D eigenvalue weighted by Gasteiger charge is 2.17. The molecule has 2 rings (SSSR count). The first-order valence-corrected chi connectivity index (χ1v) is 7.81. The van der Waals surface area contributed by atoms with E-state index in [-0.39, 0.29) is 4.90 Å². The van der Waals surface area contributed by atoms with Crippen molar-refractivity contribution in [2.24, 2.45) is 5.92 Å². The van der Waals surface area contributed by atoms with Crippen LogP contribution in [-0.4, -0.2) is 28.1 Å². The smallest absolute Gasteiger partial charge is 0.240 e. The molecule has 5 nitrogen and oxygen atoms in total. The maximum Gasteiger partial charge on any atom is 0.240 e. The van der Waals surface area contributed by atoms with E-state index in [4.69, 9.17) is 5.26 Å². The molecule has 0 saturated carbocycles. The fourth-order valence-electron chi connectivity index (χ4n) is 2.17. The van der Waals surface area contributed by atoms with Crippen LogP contribution >= 0.6 is 0 Å².